The molecule has 98 valence electrons. The molecular weight excluding hydrogens is 236 g/mol. The second-order valence-electron chi connectivity index (χ2n) is 4.26. The van der Waals surface area contributed by atoms with Gasteiger partial charge in [-0.3, -0.25) is 0 Å². The van der Waals surface area contributed by atoms with E-state index in [2.05, 4.69) is 43.8 Å². The fraction of sp³-hybridized carbons (Fsp3) is 0.200. The van der Waals surface area contributed by atoms with Gasteiger partial charge in [0.25, 0.3) is 0 Å². The molecule has 0 saturated carbocycles. The fourth-order valence-corrected chi connectivity index (χ4v) is 1.70. The molecule has 0 atom stereocenters. The quantitative estimate of drug-likeness (QED) is 0.764. The summed E-state index contributed by atoms with van der Waals surface area (Å²) in [6.45, 7) is 4.84. The Kier molecular flexibility index (Phi) is 4.50. The molecular formula is C15H18N4. The summed E-state index contributed by atoms with van der Waals surface area (Å²) < 4.78 is 2.13. The highest BCUT2D eigenvalue weighted by Gasteiger charge is 1.96. The number of hydrogen-bond donors (Lipinski definition) is 1. The molecule has 0 amide bonds. The minimum Gasteiger partial charge on any atom is -0.349 e. The van der Waals surface area contributed by atoms with E-state index in [1.807, 2.05) is 32.3 Å². The van der Waals surface area contributed by atoms with E-state index in [9.17, 15) is 0 Å². The maximum atomic E-state index is 4.18. The number of aromatic nitrogens is 4. The second kappa shape index (κ2) is 6.54. The average molecular weight is 254 g/mol. The molecule has 1 N–H and O–H groups in total. The van der Waals surface area contributed by atoms with Crippen LogP contribution in [0.3, 0.4) is 0 Å². The molecule has 4 heteroatoms. The van der Waals surface area contributed by atoms with Gasteiger partial charge in [-0.05, 0) is 19.4 Å². The van der Waals surface area contributed by atoms with E-state index in [1.165, 1.54) is 5.56 Å². The Balaban J connectivity index is 0.000000186. The Labute approximate surface area is 113 Å². The summed E-state index contributed by atoms with van der Waals surface area (Å²) in [6, 6.07) is 10.4. The number of aryl methyl sites for hydroxylation is 2. The summed E-state index contributed by atoms with van der Waals surface area (Å²) >= 11 is 0. The van der Waals surface area contributed by atoms with Gasteiger partial charge in [0.1, 0.15) is 11.6 Å². The molecule has 0 radical (unpaired) electrons. The van der Waals surface area contributed by atoms with Gasteiger partial charge in [0, 0.05) is 31.3 Å². The summed E-state index contributed by atoms with van der Waals surface area (Å²) in [6.07, 6.45) is 7.37. The van der Waals surface area contributed by atoms with Crippen LogP contribution in [-0.2, 0) is 6.54 Å². The van der Waals surface area contributed by atoms with Gasteiger partial charge < -0.3 is 9.55 Å². The lowest BCUT2D eigenvalue weighted by molar-refractivity contribution is 0.762. The van der Waals surface area contributed by atoms with E-state index in [1.54, 1.807) is 12.4 Å². The number of nitrogens with zero attached hydrogens (tertiary/aromatic N) is 3. The second-order valence-corrected chi connectivity index (χ2v) is 4.26. The van der Waals surface area contributed by atoms with Crippen LogP contribution in [0.5, 0.6) is 0 Å². The summed E-state index contributed by atoms with van der Waals surface area (Å²) in [5, 5.41) is 0. The lowest BCUT2D eigenvalue weighted by Gasteiger charge is -2.03. The topological polar surface area (TPSA) is 46.5 Å². The summed E-state index contributed by atoms with van der Waals surface area (Å²) in [5.41, 5.74) is 1.31. The first-order valence-corrected chi connectivity index (χ1v) is 6.23. The van der Waals surface area contributed by atoms with E-state index in [0.717, 1.165) is 18.2 Å². The van der Waals surface area contributed by atoms with Gasteiger partial charge in [-0.25, -0.2) is 9.97 Å². The summed E-state index contributed by atoms with van der Waals surface area (Å²) in [7, 11) is 0. The highest BCUT2D eigenvalue weighted by Crippen LogP contribution is 2.03. The largest absolute Gasteiger partial charge is 0.349 e. The van der Waals surface area contributed by atoms with E-state index < -0.39 is 0 Å². The van der Waals surface area contributed by atoms with Crippen LogP contribution in [0, 0.1) is 13.8 Å². The number of hydrogen-bond acceptors (Lipinski definition) is 2. The van der Waals surface area contributed by atoms with Crippen molar-refractivity contribution in [2.24, 2.45) is 0 Å². The van der Waals surface area contributed by atoms with Crippen LogP contribution in [0.2, 0.25) is 0 Å². The van der Waals surface area contributed by atoms with Crippen LogP contribution in [0.25, 0.3) is 0 Å². The number of imidazole rings is 2. The zero-order valence-corrected chi connectivity index (χ0v) is 11.2. The monoisotopic (exact) mass is 254 g/mol. The molecule has 19 heavy (non-hydrogen) atoms. The normalized spacial score (nSPS) is 9.79. The van der Waals surface area contributed by atoms with Crippen molar-refractivity contribution in [2.45, 2.75) is 20.4 Å². The third-order valence-electron chi connectivity index (χ3n) is 2.75. The molecule has 3 aromatic rings. The SMILES string of the molecule is Cc1ncc[nH]1.Cc1nccn1Cc1ccccc1. The van der Waals surface area contributed by atoms with Crippen molar-refractivity contribution in [2.75, 3.05) is 0 Å². The van der Waals surface area contributed by atoms with E-state index in [-0.39, 0.29) is 0 Å². The Morgan fingerprint density at radius 3 is 2.32 bits per heavy atom. The summed E-state index contributed by atoms with van der Waals surface area (Å²) in [5.74, 6) is 2.03. The van der Waals surface area contributed by atoms with E-state index >= 15 is 0 Å². The van der Waals surface area contributed by atoms with Crippen LogP contribution < -0.4 is 0 Å². The van der Waals surface area contributed by atoms with Crippen molar-refractivity contribution >= 4 is 0 Å². The third kappa shape index (κ3) is 4.10. The zero-order valence-electron chi connectivity index (χ0n) is 11.2. The van der Waals surface area contributed by atoms with Gasteiger partial charge in [-0.2, -0.15) is 0 Å². The molecule has 2 heterocycles. The zero-order chi connectivity index (χ0) is 13.5. The first-order chi connectivity index (χ1) is 9.25. The molecule has 0 bridgehead atoms. The standard InChI is InChI=1S/C11H12N2.C4H6N2/c1-10-12-7-8-13(10)9-11-5-3-2-4-6-11;1-4-5-2-3-6-4/h2-8H,9H2,1H3;2-3H,1H3,(H,5,6). The van der Waals surface area contributed by atoms with Crippen molar-refractivity contribution in [1.29, 1.82) is 0 Å². The number of nitrogens with one attached hydrogen (secondary N) is 1. The van der Waals surface area contributed by atoms with Crippen molar-refractivity contribution < 1.29 is 0 Å². The highest BCUT2D eigenvalue weighted by atomic mass is 15.0. The predicted octanol–water partition coefficient (Wildman–Crippen LogP) is 2.96. The Bertz CT molecular complexity index is 582. The molecule has 0 saturated heterocycles. The Morgan fingerprint density at radius 1 is 1.05 bits per heavy atom. The summed E-state index contributed by atoms with van der Waals surface area (Å²) in [4.78, 5) is 10.9. The van der Waals surface area contributed by atoms with Crippen LogP contribution in [0.4, 0.5) is 0 Å². The van der Waals surface area contributed by atoms with Crippen LogP contribution in [0.1, 0.15) is 17.2 Å². The van der Waals surface area contributed by atoms with Crippen LogP contribution in [-0.4, -0.2) is 19.5 Å². The average Bonchev–Trinajstić information content (AvgIpc) is 3.04. The van der Waals surface area contributed by atoms with Crippen LogP contribution >= 0.6 is 0 Å². The van der Waals surface area contributed by atoms with Crippen molar-refractivity contribution in [1.82, 2.24) is 19.5 Å². The molecule has 1 aromatic carbocycles. The molecule has 0 aliphatic carbocycles. The number of rotatable bonds is 2. The number of benzene rings is 1. The Morgan fingerprint density at radius 2 is 1.84 bits per heavy atom. The smallest absolute Gasteiger partial charge is 0.105 e. The first kappa shape index (κ1) is 13.1. The predicted molar refractivity (Wildman–Crippen MR) is 75.8 cm³/mol. The van der Waals surface area contributed by atoms with Gasteiger partial charge >= 0.3 is 0 Å². The third-order valence-corrected chi connectivity index (χ3v) is 2.75. The molecule has 4 nitrogen and oxygen atoms in total. The Hall–Kier alpha value is -2.36. The minimum absolute atomic E-state index is 0.909. The molecule has 0 fully saturated rings. The first-order valence-electron chi connectivity index (χ1n) is 6.23. The van der Waals surface area contributed by atoms with Gasteiger partial charge in [-0.1, -0.05) is 30.3 Å². The fourth-order valence-electron chi connectivity index (χ4n) is 1.70. The van der Waals surface area contributed by atoms with Gasteiger partial charge in [0.05, 0.1) is 0 Å². The molecule has 2 aromatic heterocycles. The minimum atomic E-state index is 0.909. The maximum Gasteiger partial charge on any atom is 0.105 e. The van der Waals surface area contributed by atoms with Crippen molar-refractivity contribution in [3.63, 3.8) is 0 Å². The molecule has 0 spiro atoms. The molecule has 0 aliphatic heterocycles. The highest BCUT2D eigenvalue weighted by molar-refractivity contribution is 5.15. The van der Waals surface area contributed by atoms with Gasteiger partial charge in [-0.15, -0.1) is 0 Å². The van der Waals surface area contributed by atoms with E-state index in [4.69, 9.17) is 0 Å². The maximum absolute atomic E-state index is 4.18. The lowest BCUT2D eigenvalue weighted by Crippen LogP contribution is -1.99. The van der Waals surface area contributed by atoms with E-state index in [0.29, 0.717) is 0 Å². The van der Waals surface area contributed by atoms with Crippen LogP contribution in [0.15, 0.2) is 55.1 Å². The number of H-pyrrole nitrogens is 1. The van der Waals surface area contributed by atoms with Gasteiger partial charge in [0.15, 0.2) is 0 Å². The number of aromatic amines is 1. The molecule has 0 aliphatic rings. The molecule has 3 rings (SSSR count). The van der Waals surface area contributed by atoms with Crippen molar-refractivity contribution in [3.05, 3.63) is 72.3 Å². The van der Waals surface area contributed by atoms with Crippen molar-refractivity contribution in [3.8, 4) is 0 Å². The van der Waals surface area contributed by atoms with Gasteiger partial charge in [0.2, 0.25) is 0 Å². The lowest BCUT2D eigenvalue weighted by atomic mass is 10.2. The molecule has 0 unspecified atom stereocenters.